The standard InChI is InChI=1S/C16H22N2O2/c1-4-8-11(2)18-14(13-9-6-5-7-10-13)15(19)17-12(3)16(18)20/h5-7,9-12,14H,4,8H2,1-3H3,(H,17,19). The molecular formula is C16H22N2O2. The Hall–Kier alpha value is -1.84. The molecule has 1 heterocycles. The van der Waals surface area contributed by atoms with E-state index in [1.807, 2.05) is 37.3 Å². The lowest BCUT2D eigenvalue weighted by atomic mass is 9.97. The molecule has 4 heteroatoms. The van der Waals surface area contributed by atoms with Crippen molar-refractivity contribution in [3.05, 3.63) is 35.9 Å². The van der Waals surface area contributed by atoms with Gasteiger partial charge in [-0.2, -0.15) is 0 Å². The second-order valence-electron chi connectivity index (χ2n) is 5.43. The van der Waals surface area contributed by atoms with Gasteiger partial charge >= 0.3 is 0 Å². The molecule has 0 aromatic heterocycles. The van der Waals surface area contributed by atoms with Crippen LogP contribution in [0.4, 0.5) is 0 Å². The van der Waals surface area contributed by atoms with E-state index in [1.165, 1.54) is 0 Å². The summed E-state index contributed by atoms with van der Waals surface area (Å²) in [7, 11) is 0. The number of hydrogen-bond acceptors (Lipinski definition) is 2. The number of nitrogens with zero attached hydrogens (tertiary/aromatic N) is 1. The van der Waals surface area contributed by atoms with Crippen LogP contribution in [0, 0.1) is 0 Å². The summed E-state index contributed by atoms with van der Waals surface area (Å²) in [5.41, 5.74) is 0.869. The molecule has 0 radical (unpaired) electrons. The Morgan fingerprint density at radius 1 is 1.25 bits per heavy atom. The molecule has 1 N–H and O–H groups in total. The molecule has 2 rings (SSSR count). The van der Waals surface area contributed by atoms with Crippen LogP contribution in [0.15, 0.2) is 30.3 Å². The van der Waals surface area contributed by atoms with Crippen molar-refractivity contribution in [3.63, 3.8) is 0 Å². The van der Waals surface area contributed by atoms with Gasteiger partial charge in [-0.3, -0.25) is 9.59 Å². The van der Waals surface area contributed by atoms with Crippen LogP contribution >= 0.6 is 0 Å². The monoisotopic (exact) mass is 274 g/mol. The Morgan fingerprint density at radius 3 is 2.50 bits per heavy atom. The molecule has 20 heavy (non-hydrogen) atoms. The van der Waals surface area contributed by atoms with E-state index in [-0.39, 0.29) is 17.9 Å². The highest BCUT2D eigenvalue weighted by molar-refractivity contribution is 5.97. The van der Waals surface area contributed by atoms with Crippen LogP contribution < -0.4 is 5.32 Å². The van der Waals surface area contributed by atoms with Gasteiger partial charge in [0.05, 0.1) is 0 Å². The second kappa shape index (κ2) is 6.07. The highest BCUT2D eigenvalue weighted by Crippen LogP contribution is 2.28. The number of benzene rings is 1. The number of nitrogens with one attached hydrogen (secondary N) is 1. The number of piperazine rings is 1. The van der Waals surface area contributed by atoms with Gasteiger partial charge in [-0.05, 0) is 25.8 Å². The molecule has 108 valence electrons. The van der Waals surface area contributed by atoms with Gasteiger partial charge < -0.3 is 10.2 Å². The van der Waals surface area contributed by atoms with Gasteiger partial charge in [0, 0.05) is 6.04 Å². The molecule has 1 aromatic rings. The van der Waals surface area contributed by atoms with Crippen molar-refractivity contribution in [1.82, 2.24) is 10.2 Å². The van der Waals surface area contributed by atoms with Crippen molar-refractivity contribution in [1.29, 1.82) is 0 Å². The lowest BCUT2D eigenvalue weighted by Crippen LogP contribution is -2.60. The van der Waals surface area contributed by atoms with Gasteiger partial charge in [-0.1, -0.05) is 43.7 Å². The van der Waals surface area contributed by atoms with Crippen LogP contribution in [0.25, 0.3) is 0 Å². The first kappa shape index (κ1) is 14.6. The summed E-state index contributed by atoms with van der Waals surface area (Å²) >= 11 is 0. The van der Waals surface area contributed by atoms with Gasteiger partial charge in [0.2, 0.25) is 11.8 Å². The number of rotatable bonds is 4. The van der Waals surface area contributed by atoms with Crippen molar-refractivity contribution >= 4 is 11.8 Å². The van der Waals surface area contributed by atoms with Crippen molar-refractivity contribution in [2.75, 3.05) is 0 Å². The first-order valence-corrected chi connectivity index (χ1v) is 7.23. The van der Waals surface area contributed by atoms with Crippen molar-refractivity contribution in [2.24, 2.45) is 0 Å². The molecule has 3 unspecified atom stereocenters. The quantitative estimate of drug-likeness (QED) is 0.915. The van der Waals surface area contributed by atoms with E-state index in [2.05, 4.69) is 12.2 Å². The molecule has 1 aromatic carbocycles. The minimum Gasteiger partial charge on any atom is -0.342 e. The highest BCUT2D eigenvalue weighted by atomic mass is 16.2. The maximum atomic E-state index is 12.5. The zero-order chi connectivity index (χ0) is 14.7. The fraction of sp³-hybridized carbons (Fsp3) is 0.500. The predicted molar refractivity (Wildman–Crippen MR) is 78.0 cm³/mol. The van der Waals surface area contributed by atoms with E-state index in [1.54, 1.807) is 11.8 Å². The summed E-state index contributed by atoms with van der Waals surface area (Å²) in [5, 5.41) is 2.77. The lowest BCUT2D eigenvalue weighted by Gasteiger charge is -2.41. The highest BCUT2D eigenvalue weighted by Gasteiger charge is 2.41. The zero-order valence-corrected chi connectivity index (χ0v) is 12.3. The lowest BCUT2D eigenvalue weighted by molar-refractivity contribution is -0.151. The Kier molecular flexibility index (Phi) is 4.42. The number of hydrogen-bond donors (Lipinski definition) is 1. The molecule has 0 bridgehead atoms. The minimum atomic E-state index is -0.513. The Balaban J connectivity index is 2.38. The third kappa shape index (κ3) is 2.69. The summed E-state index contributed by atoms with van der Waals surface area (Å²) in [6.45, 7) is 5.85. The van der Waals surface area contributed by atoms with Crippen LogP contribution in [-0.4, -0.2) is 28.8 Å². The first-order chi connectivity index (χ1) is 9.56. The average molecular weight is 274 g/mol. The second-order valence-corrected chi connectivity index (χ2v) is 5.43. The van der Waals surface area contributed by atoms with Crippen LogP contribution in [0.5, 0.6) is 0 Å². The summed E-state index contributed by atoms with van der Waals surface area (Å²) < 4.78 is 0. The van der Waals surface area contributed by atoms with E-state index in [0.29, 0.717) is 0 Å². The molecular weight excluding hydrogens is 252 g/mol. The van der Waals surface area contributed by atoms with Gasteiger partial charge in [0.1, 0.15) is 12.1 Å². The maximum Gasteiger partial charge on any atom is 0.248 e. The molecule has 1 saturated heterocycles. The van der Waals surface area contributed by atoms with Crippen molar-refractivity contribution in [3.8, 4) is 0 Å². The Bertz CT molecular complexity index is 487. The largest absolute Gasteiger partial charge is 0.342 e. The molecule has 0 spiro atoms. The first-order valence-electron chi connectivity index (χ1n) is 7.23. The maximum absolute atomic E-state index is 12.5. The number of carbonyl (C=O) groups is 2. The van der Waals surface area contributed by atoms with Gasteiger partial charge in [0.25, 0.3) is 0 Å². The van der Waals surface area contributed by atoms with E-state index in [4.69, 9.17) is 0 Å². The molecule has 1 aliphatic rings. The fourth-order valence-corrected chi connectivity index (χ4v) is 2.81. The van der Waals surface area contributed by atoms with E-state index in [0.717, 1.165) is 18.4 Å². The normalized spacial score (nSPS) is 24.4. The predicted octanol–water partition coefficient (Wildman–Crippen LogP) is 2.26. The molecule has 1 fully saturated rings. The topological polar surface area (TPSA) is 49.4 Å². The van der Waals surface area contributed by atoms with Crippen molar-refractivity contribution < 1.29 is 9.59 Å². The average Bonchev–Trinajstić information content (AvgIpc) is 2.43. The smallest absolute Gasteiger partial charge is 0.248 e. The van der Waals surface area contributed by atoms with Crippen molar-refractivity contribution in [2.45, 2.75) is 51.7 Å². The van der Waals surface area contributed by atoms with E-state index in [9.17, 15) is 9.59 Å². The van der Waals surface area contributed by atoms with E-state index < -0.39 is 12.1 Å². The Labute approximate surface area is 120 Å². The number of carbonyl (C=O) groups excluding carboxylic acids is 2. The minimum absolute atomic E-state index is 0.000553. The molecule has 0 aliphatic carbocycles. The van der Waals surface area contributed by atoms with Gasteiger partial charge in [-0.15, -0.1) is 0 Å². The molecule has 0 saturated carbocycles. The van der Waals surface area contributed by atoms with E-state index >= 15 is 0 Å². The molecule has 3 atom stereocenters. The third-order valence-electron chi connectivity index (χ3n) is 3.81. The van der Waals surface area contributed by atoms with Crippen LogP contribution in [0.1, 0.15) is 45.2 Å². The van der Waals surface area contributed by atoms with Gasteiger partial charge in [-0.25, -0.2) is 0 Å². The molecule has 2 amide bonds. The summed E-state index contributed by atoms with van der Waals surface area (Å²) in [6.07, 6.45) is 1.89. The van der Waals surface area contributed by atoms with Crippen LogP contribution in [0.3, 0.4) is 0 Å². The number of amides is 2. The van der Waals surface area contributed by atoms with Crippen LogP contribution in [-0.2, 0) is 9.59 Å². The SMILES string of the molecule is CCCC(C)N1C(=O)C(C)NC(=O)C1c1ccccc1. The molecule has 4 nitrogen and oxygen atoms in total. The molecule has 1 aliphatic heterocycles. The van der Waals surface area contributed by atoms with Crippen LogP contribution in [0.2, 0.25) is 0 Å². The summed E-state index contributed by atoms with van der Waals surface area (Å²) in [5.74, 6) is -0.0920. The Morgan fingerprint density at radius 2 is 1.90 bits per heavy atom. The summed E-state index contributed by atoms with van der Waals surface area (Å²) in [4.78, 5) is 26.6. The fourth-order valence-electron chi connectivity index (χ4n) is 2.81. The zero-order valence-electron chi connectivity index (χ0n) is 12.3. The van der Waals surface area contributed by atoms with Gasteiger partial charge in [0.15, 0.2) is 0 Å². The summed E-state index contributed by atoms with van der Waals surface area (Å²) in [6, 6.07) is 8.61. The third-order valence-corrected chi connectivity index (χ3v) is 3.81.